The number of rotatable bonds is 5. The first-order valence-corrected chi connectivity index (χ1v) is 8.18. The topological polar surface area (TPSA) is 93.7 Å². The van der Waals surface area contributed by atoms with E-state index in [4.69, 9.17) is 9.47 Å². The molecule has 26 heavy (non-hydrogen) atoms. The van der Waals surface area contributed by atoms with E-state index in [0.717, 1.165) is 12.0 Å². The Morgan fingerprint density at radius 3 is 2.88 bits per heavy atom. The van der Waals surface area contributed by atoms with Gasteiger partial charge in [0.25, 0.3) is 11.8 Å². The summed E-state index contributed by atoms with van der Waals surface area (Å²) < 4.78 is 10.3. The number of esters is 1. The zero-order valence-corrected chi connectivity index (χ0v) is 14.2. The SMILES string of the molecule is CCc1cccc(NC(=O)COC(=O)c2ccc3c(c2)OCC(=O)N3)c1. The lowest BCUT2D eigenvalue weighted by Crippen LogP contribution is -2.25. The van der Waals surface area contributed by atoms with Crippen LogP contribution in [0.1, 0.15) is 22.8 Å². The van der Waals surface area contributed by atoms with Crippen LogP contribution < -0.4 is 15.4 Å². The fraction of sp³-hybridized carbons (Fsp3) is 0.211. The van der Waals surface area contributed by atoms with Crippen molar-refractivity contribution in [2.75, 3.05) is 23.8 Å². The Bertz CT molecular complexity index is 863. The molecule has 0 atom stereocenters. The maximum Gasteiger partial charge on any atom is 0.338 e. The van der Waals surface area contributed by atoms with Crippen molar-refractivity contribution in [1.29, 1.82) is 0 Å². The van der Waals surface area contributed by atoms with Crippen molar-refractivity contribution in [2.45, 2.75) is 13.3 Å². The first kappa shape index (κ1) is 17.5. The van der Waals surface area contributed by atoms with Gasteiger partial charge >= 0.3 is 5.97 Å². The number of carbonyl (C=O) groups excluding carboxylic acids is 3. The standard InChI is InChI=1S/C19H18N2O5/c1-2-12-4-3-5-14(8-12)20-17(22)11-26-19(24)13-6-7-15-16(9-13)25-10-18(23)21-15/h3-9H,2,10-11H2,1H3,(H,20,22)(H,21,23). The highest BCUT2D eigenvalue weighted by molar-refractivity contribution is 5.98. The summed E-state index contributed by atoms with van der Waals surface area (Å²) in [6.45, 7) is 1.52. The van der Waals surface area contributed by atoms with Gasteiger partial charge in [0.1, 0.15) is 5.75 Å². The van der Waals surface area contributed by atoms with Gasteiger partial charge in [-0.1, -0.05) is 19.1 Å². The summed E-state index contributed by atoms with van der Waals surface area (Å²) >= 11 is 0. The Balaban J connectivity index is 1.56. The van der Waals surface area contributed by atoms with Crippen molar-refractivity contribution in [3.63, 3.8) is 0 Å². The van der Waals surface area contributed by atoms with E-state index < -0.39 is 18.5 Å². The lowest BCUT2D eigenvalue weighted by molar-refractivity contribution is -0.119. The highest BCUT2D eigenvalue weighted by Crippen LogP contribution is 2.28. The Hall–Kier alpha value is -3.35. The summed E-state index contributed by atoms with van der Waals surface area (Å²) in [5.41, 5.74) is 2.48. The van der Waals surface area contributed by atoms with E-state index in [0.29, 0.717) is 17.1 Å². The maximum atomic E-state index is 12.1. The zero-order valence-electron chi connectivity index (χ0n) is 14.2. The average molecular weight is 354 g/mol. The van der Waals surface area contributed by atoms with E-state index in [2.05, 4.69) is 10.6 Å². The van der Waals surface area contributed by atoms with E-state index in [1.54, 1.807) is 12.1 Å². The van der Waals surface area contributed by atoms with Gasteiger partial charge in [-0.15, -0.1) is 0 Å². The molecular weight excluding hydrogens is 336 g/mol. The maximum absolute atomic E-state index is 12.1. The number of fused-ring (bicyclic) bond motifs is 1. The first-order chi connectivity index (χ1) is 12.5. The molecule has 1 heterocycles. The number of carbonyl (C=O) groups is 3. The van der Waals surface area contributed by atoms with Crippen LogP contribution in [0.25, 0.3) is 0 Å². The van der Waals surface area contributed by atoms with Crippen LogP contribution in [0.2, 0.25) is 0 Å². The monoisotopic (exact) mass is 354 g/mol. The number of hydrogen-bond donors (Lipinski definition) is 2. The van der Waals surface area contributed by atoms with Crippen LogP contribution in [0.5, 0.6) is 5.75 Å². The molecule has 7 heteroatoms. The molecule has 3 rings (SSSR count). The summed E-state index contributed by atoms with van der Waals surface area (Å²) in [4.78, 5) is 35.3. The molecule has 1 aliphatic heterocycles. The average Bonchev–Trinajstić information content (AvgIpc) is 2.65. The van der Waals surface area contributed by atoms with Crippen LogP contribution in [0, 0.1) is 0 Å². The van der Waals surface area contributed by atoms with Gasteiger partial charge in [-0.2, -0.15) is 0 Å². The third-order valence-electron chi connectivity index (χ3n) is 3.80. The summed E-state index contributed by atoms with van der Waals surface area (Å²) in [6, 6.07) is 12.0. The first-order valence-electron chi connectivity index (χ1n) is 8.18. The Kier molecular flexibility index (Phi) is 5.17. The van der Waals surface area contributed by atoms with Crippen molar-refractivity contribution in [3.8, 4) is 5.75 Å². The van der Waals surface area contributed by atoms with Gasteiger partial charge in [0.15, 0.2) is 13.2 Å². The Morgan fingerprint density at radius 2 is 2.08 bits per heavy atom. The fourth-order valence-electron chi connectivity index (χ4n) is 2.48. The number of benzene rings is 2. The van der Waals surface area contributed by atoms with Crippen molar-refractivity contribution >= 4 is 29.2 Å². The molecule has 1 aliphatic rings. The Labute approximate surface area is 150 Å². The summed E-state index contributed by atoms with van der Waals surface area (Å²) in [5, 5.41) is 5.32. The molecule has 2 aromatic carbocycles. The second-order valence-corrected chi connectivity index (χ2v) is 5.73. The van der Waals surface area contributed by atoms with Gasteiger partial charge in [-0.05, 0) is 42.3 Å². The molecule has 7 nitrogen and oxygen atoms in total. The minimum atomic E-state index is -0.647. The molecule has 0 spiro atoms. The second-order valence-electron chi connectivity index (χ2n) is 5.73. The van der Waals surface area contributed by atoms with Gasteiger partial charge in [0.2, 0.25) is 0 Å². The lowest BCUT2D eigenvalue weighted by atomic mass is 10.1. The molecule has 0 fully saturated rings. The predicted octanol–water partition coefficient (Wildman–Crippen LogP) is 2.38. The quantitative estimate of drug-likeness (QED) is 0.804. The van der Waals surface area contributed by atoms with Crippen LogP contribution in [0.15, 0.2) is 42.5 Å². The molecule has 0 saturated heterocycles. The lowest BCUT2D eigenvalue weighted by Gasteiger charge is -2.18. The molecule has 0 aliphatic carbocycles. The number of aryl methyl sites for hydroxylation is 1. The predicted molar refractivity (Wildman–Crippen MR) is 95.3 cm³/mol. The van der Waals surface area contributed by atoms with E-state index in [1.807, 2.05) is 25.1 Å². The zero-order chi connectivity index (χ0) is 18.5. The molecule has 0 aromatic heterocycles. The largest absolute Gasteiger partial charge is 0.482 e. The highest BCUT2D eigenvalue weighted by Gasteiger charge is 2.19. The summed E-state index contributed by atoms with van der Waals surface area (Å²) in [5.74, 6) is -0.935. The number of anilines is 2. The molecule has 0 unspecified atom stereocenters. The van der Waals surface area contributed by atoms with E-state index >= 15 is 0 Å². The molecule has 2 N–H and O–H groups in total. The molecule has 0 radical (unpaired) electrons. The smallest absolute Gasteiger partial charge is 0.338 e. The highest BCUT2D eigenvalue weighted by atomic mass is 16.5. The minimum Gasteiger partial charge on any atom is -0.482 e. The van der Waals surface area contributed by atoms with Crippen molar-refractivity contribution in [3.05, 3.63) is 53.6 Å². The van der Waals surface area contributed by atoms with Crippen LogP contribution >= 0.6 is 0 Å². The van der Waals surface area contributed by atoms with Gasteiger partial charge in [-0.3, -0.25) is 9.59 Å². The molecular formula is C19H18N2O5. The number of hydrogen-bond acceptors (Lipinski definition) is 5. The normalized spacial score (nSPS) is 12.4. The molecule has 2 amide bonds. The third kappa shape index (κ3) is 4.18. The van der Waals surface area contributed by atoms with Crippen LogP contribution in [0.4, 0.5) is 11.4 Å². The van der Waals surface area contributed by atoms with Crippen molar-refractivity contribution in [2.24, 2.45) is 0 Å². The summed E-state index contributed by atoms with van der Waals surface area (Å²) in [7, 11) is 0. The van der Waals surface area contributed by atoms with Crippen molar-refractivity contribution < 1.29 is 23.9 Å². The number of nitrogens with one attached hydrogen (secondary N) is 2. The minimum absolute atomic E-state index is 0.106. The molecule has 0 bridgehead atoms. The number of amides is 2. The van der Waals surface area contributed by atoms with E-state index in [-0.39, 0.29) is 18.1 Å². The van der Waals surface area contributed by atoms with Gasteiger partial charge in [0.05, 0.1) is 11.3 Å². The second kappa shape index (κ2) is 7.69. The van der Waals surface area contributed by atoms with Crippen LogP contribution in [0.3, 0.4) is 0 Å². The number of ether oxygens (including phenoxy) is 2. The Morgan fingerprint density at radius 1 is 1.23 bits per heavy atom. The van der Waals surface area contributed by atoms with Gasteiger partial charge < -0.3 is 20.1 Å². The summed E-state index contributed by atoms with van der Waals surface area (Å²) in [6.07, 6.45) is 0.861. The van der Waals surface area contributed by atoms with Crippen LogP contribution in [-0.2, 0) is 20.7 Å². The van der Waals surface area contributed by atoms with Crippen LogP contribution in [-0.4, -0.2) is 31.0 Å². The molecule has 134 valence electrons. The molecule has 2 aromatic rings. The van der Waals surface area contributed by atoms with E-state index in [9.17, 15) is 14.4 Å². The fourth-order valence-corrected chi connectivity index (χ4v) is 2.48. The van der Waals surface area contributed by atoms with Crippen molar-refractivity contribution in [1.82, 2.24) is 0 Å². The van der Waals surface area contributed by atoms with Gasteiger partial charge in [-0.25, -0.2) is 4.79 Å². The molecule has 0 saturated carbocycles. The third-order valence-corrected chi connectivity index (χ3v) is 3.80. The van der Waals surface area contributed by atoms with E-state index in [1.165, 1.54) is 12.1 Å². The van der Waals surface area contributed by atoms with Gasteiger partial charge in [0, 0.05) is 5.69 Å².